The molecule has 0 saturated carbocycles. The summed E-state index contributed by atoms with van der Waals surface area (Å²) in [5, 5.41) is 8.97. The predicted octanol–water partition coefficient (Wildman–Crippen LogP) is 3.29. The molecular weight excluding hydrogens is 286 g/mol. The average Bonchev–Trinajstić information content (AvgIpc) is 2.58. The molecule has 0 radical (unpaired) electrons. The number of carboxylic acids is 1. The number of furan rings is 1. The highest BCUT2D eigenvalue weighted by atomic mass is 79.9. The molecule has 1 aromatic heterocycles. The maximum absolute atomic E-state index is 10.9. The third-order valence-corrected chi connectivity index (χ3v) is 3.07. The number of aliphatic carboxylic acids is 1. The zero-order valence-electron chi connectivity index (χ0n) is 10.5. The van der Waals surface area contributed by atoms with Crippen molar-refractivity contribution >= 4 is 21.9 Å². The van der Waals surface area contributed by atoms with Crippen molar-refractivity contribution in [2.45, 2.75) is 39.3 Å². The van der Waals surface area contributed by atoms with Gasteiger partial charge < -0.3 is 9.52 Å². The molecule has 0 amide bonds. The molecule has 4 nitrogen and oxygen atoms in total. The number of carbonyl (C=O) groups is 1. The van der Waals surface area contributed by atoms with Gasteiger partial charge in [-0.2, -0.15) is 0 Å². The summed E-state index contributed by atoms with van der Waals surface area (Å²) in [5.41, 5.74) is -0.239. The van der Waals surface area contributed by atoms with E-state index in [4.69, 9.17) is 9.52 Å². The molecule has 0 fully saturated rings. The van der Waals surface area contributed by atoms with Crippen LogP contribution in [0.5, 0.6) is 0 Å². The van der Waals surface area contributed by atoms with Gasteiger partial charge in [-0.05, 0) is 55.8 Å². The summed E-state index contributed by atoms with van der Waals surface area (Å²) < 4.78 is 6.14. The van der Waals surface area contributed by atoms with Gasteiger partial charge in [0.25, 0.3) is 0 Å². The maximum Gasteiger partial charge on any atom is 0.317 e. The van der Waals surface area contributed by atoms with Gasteiger partial charge in [0.2, 0.25) is 0 Å². The van der Waals surface area contributed by atoms with Gasteiger partial charge in [0, 0.05) is 5.54 Å². The molecule has 1 rings (SSSR count). The van der Waals surface area contributed by atoms with Crippen molar-refractivity contribution in [1.82, 2.24) is 4.90 Å². The monoisotopic (exact) mass is 303 g/mol. The maximum atomic E-state index is 10.9. The van der Waals surface area contributed by atoms with E-state index in [-0.39, 0.29) is 18.1 Å². The quantitative estimate of drug-likeness (QED) is 0.927. The fraction of sp³-hybridized carbons (Fsp3) is 0.583. The first-order valence-electron chi connectivity index (χ1n) is 5.45. The van der Waals surface area contributed by atoms with Gasteiger partial charge in [-0.25, -0.2) is 0 Å². The number of rotatable bonds is 4. The summed E-state index contributed by atoms with van der Waals surface area (Å²) in [6.45, 7) is 7.90. The second-order valence-electron chi connectivity index (χ2n) is 5.01. The molecule has 1 unspecified atom stereocenters. The number of hydrogen-bond donors (Lipinski definition) is 1. The Morgan fingerprint density at radius 1 is 1.53 bits per heavy atom. The molecule has 1 aromatic rings. The zero-order valence-corrected chi connectivity index (χ0v) is 12.1. The molecule has 0 aliphatic carbocycles. The van der Waals surface area contributed by atoms with Crippen molar-refractivity contribution in [3.05, 3.63) is 22.6 Å². The van der Waals surface area contributed by atoms with E-state index < -0.39 is 5.97 Å². The van der Waals surface area contributed by atoms with Crippen molar-refractivity contribution in [1.29, 1.82) is 0 Å². The van der Waals surface area contributed by atoms with Gasteiger partial charge in [-0.15, -0.1) is 0 Å². The number of halogens is 1. The molecule has 1 N–H and O–H groups in total. The Bertz CT molecular complexity index is 395. The predicted molar refractivity (Wildman–Crippen MR) is 68.9 cm³/mol. The lowest BCUT2D eigenvalue weighted by Gasteiger charge is -2.38. The van der Waals surface area contributed by atoms with Crippen molar-refractivity contribution in [2.75, 3.05) is 6.54 Å². The van der Waals surface area contributed by atoms with Crippen LogP contribution in [0.25, 0.3) is 0 Å². The number of nitrogens with zero attached hydrogens (tertiary/aromatic N) is 1. The van der Waals surface area contributed by atoms with Crippen LogP contribution >= 0.6 is 15.9 Å². The molecular formula is C12H18BrNO3. The largest absolute Gasteiger partial charge is 0.480 e. The van der Waals surface area contributed by atoms with Crippen LogP contribution in [0.15, 0.2) is 21.2 Å². The highest BCUT2D eigenvalue weighted by molar-refractivity contribution is 9.10. The van der Waals surface area contributed by atoms with Crippen LogP contribution in [0.1, 0.15) is 39.5 Å². The van der Waals surface area contributed by atoms with E-state index in [1.165, 1.54) is 0 Å². The minimum absolute atomic E-state index is 0.0109. The molecule has 96 valence electrons. The van der Waals surface area contributed by atoms with Crippen molar-refractivity contribution in [3.8, 4) is 0 Å². The van der Waals surface area contributed by atoms with E-state index in [0.717, 1.165) is 5.76 Å². The first-order chi connectivity index (χ1) is 7.71. The SMILES string of the molecule is CC(c1ccc(Br)o1)N(CC(=O)O)C(C)(C)C. The molecule has 1 atom stereocenters. The van der Waals surface area contributed by atoms with Gasteiger partial charge in [-0.1, -0.05) is 0 Å². The van der Waals surface area contributed by atoms with Crippen molar-refractivity contribution < 1.29 is 14.3 Å². The fourth-order valence-corrected chi connectivity index (χ4v) is 2.13. The molecule has 0 aliphatic rings. The molecule has 0 saturated heterocycles. The Morgan fingerprint density at radius 2 is 2.12 bits per heavy atom. The van der Waals surface area contributed by atoms with Gasteiger partial charge in [0.05, 0.1) is 12.6 Å². The van der Waals surface area contributed by atoms with E-state index in [2.05, 4.69) is 15.9 Å². The van der Waals surface area contributed by atoms with Gasteiger partial charge in [0.15, 0.2) is 4.67 Å². The molecule has 17 heavy (non-hydrogen) atoms. The minimum atomic E-state index is -0.836. The third-order valence-electron chi connectivity index (χ3n) is 2.64. The van der Waals surface area contributed by atoms with Crippen molar-refractivity contribution in [3.63, 3.8) is 0 Å². The summed E-state index contributed by atoms with van der Waals surface area (Å²) >= 11 is 3.25. The Balaban J connectivity index is 2.94. The van der Waals surface area contributed by atoms with Crippen LogP contribution in [0.2, 0.25) is 0 Å². The van der Waals surface area contributed by atoms with Gasteiger partial charge in [-0.3, -0.25) is 9.69 Å². The third kappa shape index (κ3) is 3.85. The number of hydrogen-bond acceptors (Lipinski definition) is 3. The lowest BCUT2D eigenvalue weighted by atomic mass is 10.0. The van der Waals surface area contributed by atoms with E-state index in [9.17, 15) is 4.79 Å². The molecule has 0 bridgehead atoms. The van der Waals surface area contributed by atoms with Crippen LogP contribution in [-0.2, 0) is 4.79 Å². The summed E-state index contributed by atoms with van der Waals surface area (Å²) in [6, 6.07) is 3.58. The Kier molecular flexibility index (Phi) is 4.38. The van der Waals surface area contributed by atoms with Gasteiger partial charge in [0.1, 0.15) is 5.76 Å². The standard InChI is InChI=1S/C12H18BrNO3/c1-8(9-5-6-10(13)17-9)14(7-11(15)16)12(2,3)4/h5-6,8H,7H2,1-4H3,(H,15,16). The molecule has 0 aromatic carbocycles. The second kappa shape index (κ2) is 5.23. The summed E-state index contributed by atoms with van der Waals surface area (Å²) in [5.74, 6) is -0.0783. The molecule has 0 spiro atoms. The first kappa shape index (κ1) is 14.3. The van der Waals surface area contributed by atoms with E-state index in [0.29, 0.717) is 4.67 Å². The van der Waals surface area contributed by atoms with Crippen LogP contribution in [0.4, 0.5) is 0 Å². The minimum Gasteiger partial charge on any atom is -0.480 e. The average molecular weight is 304 g/mol. The van der Waals surface area contributed by atoms with Crippen molar-refractivity contribution in [2.24, 2.45) is 0 Å². The normalized spacial score (nSPS) is 14.0. The lowest BCUT2D eigenvalue weighted by Crippen LogP contribution is -2.45. The zero-order chi connectivity index (χ0) is 13.2. The van der Waals surface area contributed by atoms with E-state index in [1.807, 2.05) is 44.7 Å². The molecule has 5 heteroatoms. The fourth-order valence-electron chi connectivity index (χ4n) is 1.81. The summed E-state index contributed by atoms with van der Waals surface area (Å²) in [6.07, 6.45) is 0. The Morgan fingerprint density at radius 3 is 2.47 bits per heavy atom. The molecule has 0 aliphatic heterocycles. The Hall–Kier alpha value is -0.810. The second-order valence-corrected chi connectivity index (χ2v) is 5.79. The highest BCUT2D eigenvalue weighted by Crippen LogP contribution is 2.29. The molecule has 1 heterocycles. The summed E-state index contributed by atoms with van der Waals surface area (Å²) in [7, 11) is 0. The van der Waals surface area contributed by atoms with Gasteiger partial charge >= 0.3 is 5.97 Å². The van der Waals surface area contributed by atoms with Crippen LogP contribution in [-0.4, -0.2) is 28.1 Å². The first-order valence-corrected chi connectivity index (χ1v) is 6.25. The topological polar surface area (TPSA) is 53.7 Å². The smallest absolute Gasteiger partial charge is 0.317 e. The van der Waals surface area contributed by atoms with E-state index in [1.54, 1.807) is 0 Å². The lowest BCUT2D eigenvalue weighted by molar-refractivity contribution is -0.140. The highest BCUT2D eigenvalue weighted by Gasteiger charge is 2.30. The number of carboxylic acid groups (broad SMARTS) is 1. The van der Waals surface area contributed by atoms with Crippen LogP contribution in [0.3, 0.4) is 0 Å². The van der Waals surface area contributed by atoms with E-state index >= 15 is 0 Å². The van der Waals surface area contributed by atoms with Crippen LogP contribution < -0.4 is 0 Å². The Labute approximate surface area is 110 Å². The summed E-state index contributed by atoms with van der Waals surface area (Å²) in [4.78, 5) is 12.8. The van der Waals surface area contributed by atoms with Crippen LogP contribution in [0, 0.1) is 0 Å².